The average molecular weight is 225 g/mol. The van der Waals surface area contributed by atoms with Gasteiger partial charge in [0.25, 0.3) is 0 Å². The molecule has 1 aromatic rings. The van der Waals surface area contributed by atoms with Crippen LogP contribution in [0.5, 0.6) is 11.5 Å². The lowest BCUT2D eigenvalue weighted by Crippen LogP contribution is -2.15. The van der Waals surface area contributed by atoms with E-state index in [-0.39, 0.29) is 5.78 Å². The lowest BCUT2D eigenvalue weighted by atomic mass is 10.1. The number of hydrogen-bond acceptors (Lipinski definition) is 3. The summed E-state index contributed by atoms with van der Waals surface area (Å²) < 4.78 is 10.7. The topological polar surface area (TPSA) is 35.5 Å². The standard InChI is InChI=1S/C11H9ClO3/c1-2-9(13)7-5-10-11(6-8(7)12)15-4-3-14-10/h2,5-6H,1,3-4H2. The van der Waals surface area contributed by atoms with Gasteiger partial charge in [-0.2, -0.15) is 0 Å². The van der Waals surface area contributed by atoms with Gasteiger partial charge in [-0.3, -0.25) is 4.79 Å². The van der Waals surface area contributed by atoms with Gasteiger partial charge >= 0.3 is 0 Å². The summed E-state index contributed by atoms with van der Waals surface area (Å²) in [6.45, 7) is 4.39. The van der Waals surface area contributed by atoms with E-state index in [0.29, 0.717) is 35.3 Å². The Hall–Kier alpha value is -1.48. The molecule has 0 unspecified atom stereocenters. The molecule has 3 nitrogen and oxygen atoms in total. The van der Waals surface area contributed by atoms with Gasteiger partial charge < -0.3 is 9.47 Å². The zero-order valence-electron chi connectivity index (χ0n) is 7.96. The highest BCUT2D eigenvalue weighted by molar-refractivity contribution is 6.34. The molecule has 0 N–H and O–H groups in total. The number of rotatable bonds is 2. The summed E-state index contributed by atoms with van der Waals surface area (Å²) in [5.74, 6) is 0.902. The van der Waals surface area contributed by atoms with Crippen molar-refractivity contribution >= 4 is 17.4 Å². The predicted octanol–water partition coefficient (Wildman–Crippen LogP) is 2.48. The minimum atomic E-state index is -0.225. The molecule has 0 amide bonds. The third-order valence-corrected chi connectivity index (χ3v) is 2.40. The Bertz CT molecular complexity index is 426. The van der Waals surface area contributed by atoms with E-state index in [4.69, 9.17) is 21.1 Å². The Morgan fingerprint density at radius 3 is 2.53 bits per heavy atom. The second-order valence-electron chi connectivity index (χ2n) is 3.04. The molecule has 0 spiro atoms. The third kappa shape index (κ3) is 1.83. The van der Waals surface area contributed by atoms with E-state index >= 15 is 0 Å². The zero-order valence-corrected chi connectivity index (χ0v) is 8.71. The molecule has 1 aromatic carbocycles. The molecule has 0 saturated heterocycles. The molecule has 0 aliphatic carbocycles. The SMILES string of the molecule is C=CC(=O)c1cc2c(cc1Cl)OCCO2. The number of fused-ring (bicyclic) bond motifs is 1. The fourth-order valence-electron chi connectivity index (χ4n) is 1.36. The molecule has 0 bridgehead atoms. The van der Waals surface area contributed by atoms with Crippen LogP contribution in [0.15, 0.2) is 24.8 Å². The number of hydrogen-bond donors (Lipinski definition) is 0. The Balaban J connectivity index is 2.49. The van der Waals surface area contributed by atoms with Crippen molar-refractivity contribution in [2.45, 2.75) is 0 Å². The summed E-state index contributed by atoms with van der Waals surface area (Å²) in [6.07, 6.45) is 1.22. The van der Waals surface area contributed by atoms with Crippen LogP contribution in [0.1, 0.15) is 10.4 Å². The highest BCUT2D eigenvalue weighted by Gasteiger charge is 2.17. The predicted molar refractivity (Wildman–Crippen MR) is 57.0 cm³/mol. The molecule has 78 valence electrons. The average Bonchev–Trinajstić information content (AvgIpc) is 2.27. The number of carbonyl (C=O) groups is 1. The zero-order chi connectivity index (χ0) is 10.8. The number of allylic oxidation sites excluding steroid dienone is 1. The second kappa shape index (κ2) is 3.95. The number of benzene rings is 1. The fourth-order valence-corrected chi connectivity index (χ4v) is 1.61. The van der Waals surface area contributed by atoms with Crippen molar-refractivity contribution in [2.24, 2.45) is 0 Å². The van der Waals surface area contributed by atoms with Crippen molar-refractivity contribution in [3.63, 3.8) is 0 Å². The van der Waals surface area contributed by atoms with E-state index in [1.807, 2.05) is 0 Å². The number of ketones is 1. The number of carbonyl (C=O) groups excluding carboxylic acids is 1. The smallest absolute Gasteiger partial charge is 0.186 e. The van der Waals surface area contributed by atoms with E-state index < -0.39 is 0 Å². The fraction of sp³-hybridized carbons (Fsp3) is 0.182. The summed E-state index contributed by atoms with van der Waals surface area (Å²) in [6, 6.07) is 3.17. The molecule has 0 saturated carbocycles. The van der Waals surface area contributed by atoms with Crippen molar-refractivity contribution < 1.29 is 14.3 Å². The van der Waals surface area contributed by atoms with Gasteiger partial charge in [-0.05, 0) is 12.1 Å². The molecular weight excluding hydrogens is 216 g/mol. The first kappa shape index (κ1) is 10.1. The summed E-state index contributed by atoms with van der Waals surface area (Å²) in [7, 11) is 0. The first-order valence-corrected chi connectivity index (χ1v) is 4.86. The van der Waals surface area contributed by atoms with Crippen molar-refractivity contribution in [2.75, 3.05) is 13.2 Å². The number of halogens is 1. The van der Waals surface area contributed by atoms with E-state index in [1.165, 1.54) is 6.08 Å². The largest absolute Gasteiger partial charge is 0.486 e. The number of ether oxygens (including phenoxy) is 2. The molecule has 1 heterocycles. The van der Waals surface area contributed by atoms with Gasteiger partial charge in [0, 0.05) is 11.6 Å². The first-order valence-electron chi connectivity index (χ1n) is 4.48. The molecule has 1 aliphatic heterocycles. The molecule has 0 aromatic heterocycles. The Labute approximate surface area is 92.3 Å². The van der Waals surface area contributed by atoms with Crippen molar-refractivity contribution in [1.82, 2.24) is 0 Å². The molecule has 0 fully saturated rings. The molecule has 4 heteroatoms. The van der Waals surface area contributed by atoms with Gasteiger partial charge in [0.15, 0.2) is 17.3 Å². The highest BCUT2D eigenvalue weighted by Crippen LogP contribution is 2.35. The van der Waals surface area contributed by atoms with E-state index in [9.17, 15) is 4.79 Å². The Kier molecular flexibility index (Phi) is 2.64. The third-order valence-electron chi connectivity index (χ3n) is 2.08. The van der Waals surface area contributed by atoms with Gasteiger partial charge in [-0.25, -0.2) is 0 Å². The molecule has 1 aliphatic rings. The van der Waals surface area contributed by atoms with Crippen LogP contribution in [0.25, 0.3) is 0 Å². The van der Waals surface area contributed by atoms with Gasteiger partial charge in [-0.1, -0.05) is 18.2 Å². The van der Waals surface area contributed by atoms with Crippen LogP contribution in [0.2, 0.25) is 5.02 Å². The first-order chi connectivity index (χ1) is 7.22. The monoisotopic (exact) mass is 224 g/mol. The van der Waals surface area contributed by atoms with Crippen LogP contribution in [0.4, 0.5) is 0 Å². The maximum atomic E-state index is 11.4. The highest BCUT2D eigenvalue weighted by atomic mass is 35.5. The molecule has 0 atom stereocenters. The second-order valence-corrected chi connectivity index (χ2v) is 3.45. The minimum Gasteiger partial charge on any atom is -0.486 e. The van der Waals surface area contributed by atoms with Gasteiger partial charge in [0.05, 0.1) is 5.02 Å². The molecule has 15 heavy (non-hydrogen) atoms. The van der Waals surface area contributed by atoms with Crippen LogP contribution in [-0.4, -0.2) is 19.0 Å². The van der Waals surface area contributed by atoms with Gasteiger partial charge in [0.1, 0.15) is 13.2 Å². The van der Waals surface area contributed by atoms with Crippen LogP contribution in [-0.2, 0) is 0 Å². The van der Waals surface area contributed by atoms with Crippen LogP contribution in [0, 0.1) is 0 Å². The molecule has 2 rings (SSSR count). The Morgan fingerprint density at radius 2 is 1.93 bits per heavy atom. The maximum absolute atomic E-state index is 11.4. The molecular formula is C11H9ClO3. The van der Waals surface area contributed by atoms with Crippen LogP contribution in [0.3, 0.4) is 0 Å². The maximum Gasteiger partial charge on any atom is 0.186 e. The van der Waals surface area contributed by atoms with Crippen molar-refractivity contribution in [3.05, 3.63) is 35.4 Å². The summed E-state index contributed by atoms with van der Waals surface area (Å²) in [5, 5.41) is 0.351. The summed E-state index contributed by atoms with van der Waals surface area (Å²) >= 11 is 5.93. The van der Waals surface area contributed by atoms with E-state index in [0.717, 1.165) is 0 Å². The van der Waals surface area contributed by atoms with Crippen molar-refractivity contribution in [3.8, 4) is 11.5 Å². The van der Waals surface area contributed by atoms with Crippen LogP contribution >= 0.6 is 11.6 Å². The summed E-state index contributed by atoms with van der Waals surface area (Å²) in [5.41, 5.74) is 0.385. The Morgan fingerprint density at radius 1 is 1.33 bits per heavy atom. The lowest BCUT2D eigenvalue weighted by molar-refractivity contribution is 0.104. The lowest BCUT2D eigenvalue weighted by Gasteiger charge is -2.19. The van der Waals surface area contributed by atoms with Crippen LogP contribution < -0.4 is 9.47 Å². The summed E-state index contributed by atoms with van der Waals surface area (Å²) in [4.78, 5) is 11.4. The minimum absolute atomic E-state index is 0.225. The normalized spacial score (nSPS) is 13.4. The van der Waals surface area contributed by atoms with E-state index in [1.54, 1.807) is 12.1 Å². The molecule has 0 radical (unpaired) electrons. The van der Waals surface area contributed by atoms with Gasteiger partial charge in [-0.15, -0.1) is 0 Å². The van der Waals surface area contributed by atoms with Gasteiger partial charge in [0.2, 0.25) is 0 Å². The van der Waals surface area contributed by atoms with Crippen molar-refractivity contribution in [1.29, 1.82) is 0 Å². The van der Waals surface area contributed by atoms with E-state index in [2.05, 4.69) is 6.58 Å². The quantitative estimate of drug-likeness (QED) is 0.572.